The number of hydrogen-bond donors (Lipinski definition) is 1. The standard InChI is InChI=1S/C16H22BrNO2/c1-19-7-5-16(3-4-16)11-18-10-13-9-14(17)8-12-2-6-20-15(12)13/h8-9,18H,2-7,10-11H2,1H3. The molecule has 0 spiro atoms. The molecule has 2 aliphatic rings. The summed E-state index contributed by atoms with van der Waals surface area (Å²) in [6, 6.07) is 4.35. The molecular weight excluding hydrogens is 318 g/mol. The fourth-order valence-corrected chi connectivity index (χ4v) is 3.50. The highest BCUT2D eigenvalue weighted by molar-refractivity contribution is 9.10. The Labute approximate surface area is 129 Å². The summed E-state index contributed by atoms with van der Waals surface area (Å²) >= 11 is 3.59. The van der Waals surface area contributed by atoms with Crippen LogP contribution >= 0.6 is 15.9 Å². The number of methoxy groups -OCH3 is 1. The van der Waals surface area contributed by atoms with Crippen LogP contribution in [-0.2, 0) is 17.7 Å². The zero-order valence-corrected chi connectivity index (χ0v) is 13.6. The van der Waals surface area contributed by atoms with E-state index in [0.717, 1.165) is 42.9 Å². The quantitative estimate of drug-likeness (QED) is 0.826. The maximum absolute atomic E-state index is 5.77. The van der Waals surface area contributed by atoms with Gasteiger partial charge in [-0.2, -0.15) is 0 Å². The first kappa shape index (κ1) is 14.4. The van der Waals surface area contributed by atoms with Gasteiger partial charge in [0.1, 0.15) is 5.75 Å². The molecule has 0 unspecified atom stereocenters. The maximum atomic E-state index is 5.77. The van der Waals surface area contributed by atoms with Gasteiger partial charge in [-0.1, -0.05) is 15.9 Å². The molecule has 1 fully saturated rings. The molecule has 1 aliphatic carbocycles. The Morgan fingerprint density at radius 3 is 3.00 bits per heavy atom. The summed E-state index contributed by atoms with van der Waals surface area (Å²) in [6.07, 6.45) is 4.86. The summed E-state index contributed by atoms with van der Waals surface area (Å²) in [4.78, 5) is 0. The monoisotopic (exact) mass is 339 g/mol. The van der Waals surface area contributed by atoms with Crippen LogP contribution in [0.2, 0.25) is 0 Å². The van der Waals surface area contributed by atoms with Crippen LogP contribution in [0.1, 0.15) is 30.4 Å². The van der Waals surface area contributed by atoms with Crippen LogP contribution in [0, 0.1) is 5.41 Å². The molecule has 1 saturated carbocycles. The van der Waals surface area contributed by atoms with Gasteiger partial charge >= 0.3 is 0 Å². The number of nitrogens with one attached hydrogen (secondary N) is 1. The normalized spacial score (nSPS) is 18.7. The Hall–Kier alpha value is -0.580. The maximum Gasteiger partial charge on any atom is 0.127 e. The summed E-state index contributed by atoms with van der Waals surface area (Å²) in [5, 5.41) is 3.61. The lowest BCUT2D eigenvalue weighted by Gasteiger charge is -2.16. The lowest BCUT2D eigenvalue weighted by Crippen LogP contribution is -2.24. The Bertz CT molecular complexity index is 486. The predicted octanol–water partition coefficient (Wildman–Crippen LogP) is 3.29. The van der Waals surface area contributed by atoms with Gasteiger partial charge < -0.3 is 14.8 Å². The van der Waals surface area contributed by atoms with E-state index in [2.05, 4.69) is 33.4 Å². The SMILES string of the molecule is COCCC1(CNCc2cc(Br)cc3c2OCC3)CC1. The third kappa shape index (κ3) is 3.18. The molecule has 4 heteroatoms. The van der Waals surface area contributed by atoms with Crippen LogP contribution in [0.15, 0.2) is 16.6 Å². The number of ether oxygens (including phenoxy) is 2. The Morgan fingerprint density at radius 1 is 1.40 bits per heavy atom. The molecule has 1 N–H and O–H groups in total. The third-order valence-electron chi connectivity index (χ3n) is 4.43. The van der Waals surface area contributed by atoms with E-state index in [1.807, 2.05) is 0 Å². The van der Waals surface area contributed by atoms with Crippen LogP contribution in [-0.4, -0.2) is 26.9 Å². The molecule has 0 aromatic heterocycles. The van der Waals surface area contributed by atoms with Crippen LogP contribution in [0.3, 0.4) is 0 Å². The smallest absolute Gasteiger partial charge is 0.127 e. The Balaban J connectivity index is 1.57. The van der Waals surface area contributed by atoms with E-state index in [0.29, 0.717) is 5.41 Å². The Kier molecular flexibility index (Phi) is 4.34. The van der Waals surface area contributed by atoms with Crippen molar-refractivity contribution in [2.45, 2.75) is 32.2 Å². The topological polar surface area (TPSA) is 30.5 Å². The first-order valence-corrected chi connectivity index (χ1v) is 8.15. The van der Waals surface area contributed by atoms with Crippen molar-refractivity contribution in [2.75, 3.05) is 26.9 Å². The highest BCUT2D eigenvalue weighted by atomic mass is 79.9. The largest absolute Gasteiger partial charge is 0.493 e. The van der Waals surface area contributed by atoms with E-state index in [1.165, 1.54) is 30.4 Å². The fraction of sp³-hybridized carbons (Fsp3) is 0.625. The summed E-state index contributed by atoms with van der Waals surface area (Å²) in [5.41, 5.74) is 3.09. The molecule has 110 valence electrons. The van der Waals surface area contributed by atoms with Crippen molar-refractivity contribution in [3.63, 3.8) is 0 Å². The van der Waals surface area contributed by atoms with Gasteiger partial charge in [0, 0.05) is 43.3 Å². The second-order valence-corrected chi connectivity index (χ2v) is 6.91. The molecule has 0 radical (unpaired) electrons. The summed E-state index contributed by atoms with van der Waals surface area (Å²) in [6.45, 7) is 3.65. The molecule has 3 nitrogen and oxygen atoms in total. The van der Waals surface area contributed by atoms with Gasteiger partial charge in [-0.25, -0.2) is 0 Å². The van der Waals surface area contributed by atoms with E-state index < -0.39 is 0 Å². The van der Waals surface area contributed by atoms with Crippen molar-refractivity contribution < 1.29 is 9.47 Å². The highest BCUT2D eigenvalue weighted by Gasteiger charge is 2.41. The van der Waals surface area contributed by atoms with Gasteiger partial charge in [0.2, 0.25) is 0 Å². The van der Waals surface area contributed by atoms with Crippen molar-refractivity contribution >= 4 is 15.9 Å². The molecule has 1 aromatic carbocycles. The number of halogens is 1. The summed E-state index contributed by atoms with van der Waals surface area (Å²) < 4.78 is 12.1. The minimum absolute atomic E-state index is 0.492. The van der Waals surface area contributed by atoms with Crippen molar-refractivity contribution in [3.05, 3.63) is 27.7 Å². The molecule has 3 rings (SSSR count). The molecule has 0 saturated heterocycles. The van der Waals surface area contributed by atoms with Crippen LogP contribution in [0.4, 0.5) is 0 Å². The molecule has 1 aliphatic heterocycles. The second-order valence-electron chi connectivity index (χ2n) is 6.00. The molecule has 20 heavy (non-hydrogen) atoms. The third-order valence-corrected chi connectivity index (χ3v) is 4.89. The zero-order chi connectivity index (χ0) is 14.0. The molecule has 1 heterocycles. The van der Waals surface area contributed by atoms with Crippen LogP contribution < -0.4 is 10.1 Å². The second kappa shape index (κ2) is 6.04. The zero-order valence-electron chi connectivity index (χ0n) is 12.0. The van der Waals surface area contributed by atoms with Gasteiger partial charge in [-0.3, -0.25) is 0 Å². The van der Waals surface area contributed by atoms with E-state index >= 15 is 0 Å². The van der Waals surface area contributed by atoms with E-state index in [4.69, 9.17) is 9.47 Å². The van der Waals surface area contributed by atoms with E-state index in [-0.39, 0.29) is 0 Å². The van der Waals surface area contributed by atoms with Gasteiger partial charge in [-0.05, 0) is 42.4 Å². The Morgan fingerprint density at radius 2 is 2.25 bits per heavy atom. The van der Waals surface area contributed by atoms with Crippen LogP contribution in [0.25, 0.3) is 0 Å². The minimum Gasteiger partial charge on any atom is -0.493 e. The van der Waals surface area contributed by atoms with Gasteiger partial charge in [0.25, 0.3) is 0 Å². The van der Waals surface area contributed by atoms with Crippen molar-refractivity contribution in [1.29, 1.82) is 0 Å². The van der Waals surface area contributed by atoms with Crippen molar-refractivity contribution in [3.8, 4) is 5.75 Å². The summed E-state index contributed by atoms with van der Waals surface area (Å²) in [5.74, 6) is 1.10. The minimum atomic E-state index is 0.492. The van der Waals surface area contributed by atoms with E-state index in [9.17, 15) is 0 Å². The molecule has 0 atom stereocenters. The number of fused-ring (bicyclic) bond motifs is 1. The molecular formula is C16H22BrNO2. The van der Waals surface area contributed by atoms with Crippen LogP contribution in [0.5, 0.6) is 5.75 Å². The first-order chi connectivity index (χ1) is 9.72. The summed E-state index contributed by atoms with van der Waals surface area (Å²) in [7, 11) is 1.78. The lowest BCUT2D eigenvalue weighted by atomic mass is 10.0. The molecule has 0 bridgehead atoms. The average Bonchev–Trinajstić information content (AvgIpc) is 3.03. The predicted molar refractivity (Wildman–Crippen MR) is 83.2 cm³/mol. The van der Waals surface area contributed by atoms with Gasteiger partial charge in [0.15, 0.2) is 0 Å². The average molecular weight is 340 g/mol. The first-order valence-electron chi connectivity index (χ1n) is 7.36. The lowest BCUT2D eigenvalue weighted by molar-refractivity contribution is 0.171. The highest BCUT2D eigenvalue weighted by Crippen LogP contribution is 2.48. The van der Waals surface area contributed by atoms with Crippen molar-refractivity contribution in [1.82, 2.24) is 5.32 Å². The van der Waals surface area contributed by atoms with Gasteiger partial charge in [-0.15, -0.1) is 0 Å². The van der Waals surface area contributed by atoms with Gasteiger partial charge in [0.05, 0.1) is 6.61 Å². The molecule has 0 amide bonds. The molecule has 1 aromatic rings. The fourth-order valence-electron chi connectivity index (χ4n) is 2.95. The van der Waals surface area contributed by atoms with Crippen molar-refractivity contribution in [2.24, 2.45) is 5.41 Å². The number of hydrogen-bond acceptors (Lipinski definition) is 3. The number of rotatable bonds is 7. The van der Waals surface area contributed by atoms with E-state index in [1.54, 1.807) is 7.11 Å². The number of benzene rings is 1.